The summed E-state index contributed by atoms with van der Waals surface area (Å²) in [5.74, 6) is 0.599. The van der Waals surface area contributed by atoms with Crippen LogP contribution in [0.4, 0.5) is 0 Å². The van der Waals surface area contributed by atoms with Gasteiger partial charge >= 0.3 is 0 Å². The van der Waals surface area contributed by atoms with Crippen LogP contribution in [0.25, 0.3) is 0 Å². The van der Waals surface area contributed by atoms with Gasteiger partial charge in [0.1, 0.15) is 0 Å². The molecule has 0 aliphatic rings. The maximum absolute atomic E-state index is 6.13. The van der Waals surface area contributed by atoms with E-state index >= 15 is 0 Å². The first-order chi connectivity index (χ1) is 9.34. The van der Waals surface area contributed by atoms with Gasteiger partial charge in [0.2, 0.25) is 5.88 Å². The lowest BCUT2D eigenvalue weighted by Gasteiger charge is -2.22. The average Bonchev–Trinajstić information content (AvgIpc) is 2.39. The summed E-state index contributed by atoms with van der Waals surface area (Å²) in [6.07, 6.45) is 2.43. The maximum atomic E-state index is 6.13. The molecule has 1 rings (SSSR count). The van der Waals surface area contributed by atoms with Gasteiger partial charge in [0.05, 0.1) is 17.2 Å². The molecule has 1 aromatic rings. The molecule has 0 unspecified atom stereocenters. The molecule has 1 N–H and O–H groups in total. The van der Waals surface area contributed by atoms with Crippen LogP contribution in [0, 0.1) is 0 Å². The molecule has 0 fully saturated rings. The van der Waals surface area contributed by atoms with Gasteiger partial charge in [0, 0.05) is 38.4 Å². The number of nitrogens with one attached hydrogen (secondary N) is 1. The van der Waals surface area contributed by atoms with E-state index in [1.807, 2.05) is 19.9 Å². The molecule has 0 atom stereocenters. The van der Waals surface area contributed by atoms with Crippen LogP contribution in [0.2, 0.25) is 5.02 Å². The third-order valence-corrected chi connectivity index (χ3v) is 3.46. The summed E-state index contributed by atoms with van der Waals surface area (Å²) in [6.45, 7) is 9.53. The van der Waals surface area contributed by atoms with Gasteiger partial charge in [0.15, 0.2) is 0 Å². The fourth-order valence-corrected chi connectivity index (χ4v) is 1.66. The molecule has 1 aromatic heterocycles. The van der Waals surface area contributed by atoms with E-state index in [0.717, 1.165) is 12.0 Å². The number of halogens is 1. The van der Waals surface area contributed by atoms with E-state index < -0.39 is 0 Å². The molecule has 4 nitrogen and oxygen atoms in total. The standard InChI is InChI=1S/C15H25ClN2O2/c1-11(2)17-9-12-8-14(18-10-13(12)16)20-7-6-15(3,4)19-5/h8,10-11,17H,6-7,9H2,1-5H3. The molecule has 0 radical (unpaired) electrons. The Labute approximate surface area is 126 Å². The van der Waals surface area contributed by atoms with Crippen molar-refractivity contribution in [1.82, 2.24) is 10.3 Å². The minimum absolute atomic E-state index is 0.186. The molecule has 114 valence electrons. The molecule has 0 saturated carbocycles. The quantitative estimate of drug-likeness (QED) is 0.799. The van der Waals surface area contributed by atoms with Crippen molar-refractivity contribution in [1.29, 1.82) is 0 Å². The number of methoxy groups -OCH3 is 1. The van der Waals surface area contributed by atoms with E-state index in [4.69, 9.17) is 21.1 Å². The summed E-state index contributed by atoms with van der Waals surface area (Å²) in [4.78, 5) is 4.19. The Balaban J connectivity index is 2.56. The highest BCUT2D eigenvalue weighted by atomic mass is 35.5. The highest BCUT2D eigenvalue weighted by molar-refractivity contribution is 6.31. The number of nitrogens with zero attached hydrogens (tertiary/aromatic N) is 1. The average molecular weight is 301 g/mol. The van der Waals surface area contributed by atoms with Crippen molar-refractivity contribution in [3.63, 3.8) is 0 Å². The van der Waals surface area contributed by atoms with E-state index in [1.54, 1.807) is 13.3 Å². The van der Waals surface area contributed by atoms with Gasteiger partial charge < -0.3 is 14.8 Å². The molecule has 0 saturated heterocycles. The van der Waals surface area contributed by atoms with Crippen molar-refractivity contribution in [3.8, 4) is 5.88 Å². The number of hydrogen-bond acceptors (Lipinski definition) is 4. The van der Waals surface area contributed by atoms with E-state index in [2.05, 4.69) is 24.1 Å². The van der Waals surface area contributed by atoms with Crippen LogP contribution in [-0.2, 0) is 11.3 Å². The van der Waals surface area contributed by atoms with Gasteiger partial charge in [-0.15, -0.1) is 0 Å². The Kier molecular flexibility index (Phi) is 6.72. The predicted molar refractivity (Wildman–Crippen MR) is 82.4 cm³/mol. The second-order valence-corrected chi connectivity index (χ2v) is 6.12. The van der Waals surface area contributed by atoms with Crippen LogP contribution in [0.3, 0.4) is 0 Å². The van der Waals surface area contributed by atoms with Crippen LogP contribution in [0.1, 0.15) is 39.7 Å². The molecule has 1 heterocycles. The number of ether oxygens (including phenoxy) is 2. The van der Waals surface area contributed by atoms with Gasteiger partial charge in [-0.1, -0.05) is 25.4 Å². The molecular weight excluding hydrogens is 276 g/mol. The summed E-state index contributed by atoms with van der Waals surface area (Å²) < 4.78 is 11.0. The molecule has 0 aliphatic carbocycles. The van der Waals surface area contributed by atoms with Gasteiger partial charge in [-0.25, -0.2) is 4.98 Å². The van der Waals surface area contributed by atoms with Crippen LogP contribution >= 0.6 is 11.6 Å². The summed E-state index contributed by atoms with van der Waals surface area (Å²) in [7, 11) is 1.70. The fourth-order valence-electron chi connectivity index (χ4n) is 1.49. The van der Waals surface area contributed by atoms with E-state index in [9.17, 15) is 0 Å². The zero-order valence-corrected chi connectivity index (χ0v) is 13.8. The third-order valence-electron chi connectivity index (χ3n) is 3.12. The molecular formula is C15H25ClN2O2. The number of rotatable bonds is 8. The lowest BCUT2D eigenvalue weighted by Crippen LogP contribution is -2.25. The Morgan fingerprint density at radius 2 is 2.10 bits per heavy atom. The number of pyridine rings is 1. The lowest BCUT2D eigenvalue weighted by atomic mass is 10.1. The van der Waals surface area contributed by atoms with Crippen LogP contribution in [0.15, 0.2) is 12.3 Å². The minimum Gasteiger partial charge on any atom is -0.478 e. The molecule has 0 aliphatic heterocycles. The van der Waals surface area contributed by atoms with Gasteiger partial charge in [-0.05, 0) is 19.4 Å². The smallest absolute Gasteiger partial charge is 0.213 e. The molecule has 20 heavy (non-hydrogen) atoms. The van der Waals surface area contributed by atoms with Crippen molar-refractivity contribution in [2.45, 2.75) is 52.3 Å². The zero-order valence-electron chi connectivity index (χ0n) is 13.0. The summed E-state index contributed by atoms with van der Waals surface area (Å²) in [5, 5.41) is 3.99. The summed E-state index contributed by atoms with van der Waals surface area (Å²) in [6, 6.07) is 2.29. The monoisotopic (exact) mass is 300 g/mol. The Morgan fingerprint density at radius 3 is 2.70 bits per heavy atom. The van der Waals surface area contributed by atoms with Gasteiger partial charge in [-0.2, -0.15) is 0 Å². The summed E-state index contributed by atoms with van der Waals surface area (Å²) >= 11 is 6.13. The van der Waals surface area contributed by atoms with Crippen LogP contribution in [0.5, 0.6) is 5.88 Å². The molecule has 0 aromatic carbocycles. The third kappa shape index (κ3) is 6.07. The van der Waals surface area contributed by atoms with Crippen molar-refractivity contribution in [2.24, 2.45) is 0 Å². The first-order valence-corrected chi connectivity index (χ1v) is 7.27. The van der Waals surface area contributed by atoms with Crippen molar-refractivity contribution in [2.75, 3.05) is 13.7 Å². The second kappa shape index (κ2) is 7.81. The number of hydrogen-bond donors (Lipinski definition) is 1. The molecule has 0 bridgehead atoms. The Hall–Kier alpha value is -0.840. The lowest BCUT2D eigenvalue weighted by molar-refractivity contribution is 0.00508. The van der Waals surface area contributed by atoms with Crippen molar-refractivity contribution < 1.29 is 9.47 Å². The topological polar surface area (TPSA) is 43.4 Å². The van der Waals surface area contributed by atoms with Gasteiger partial charge in [0.25, 0.3) is 0 Å². The maximum Gasteiger partial charge on any atom is 0.213 e. The largest absolute Gasteiger partial charge is 0.478 e. The van der Waals surface area contributed by atoms with Crippen molar-refractivity contribution >= 4 is 11.6 Å². The molecule has 5 heteroatoms. The predicted octanol–water partition coefficient (Wildman–Crippen LogP) is 3.43. The van der Waals surface area contributed by atoms with E-state index in [1.165, 1.54) is 0 Å². The minimum atomic E-state index is -0.186. The van der Waals surface area contributed by atoms with Crippen molar-refractivity contribution in [3.05, 3.63) is 22.8 Å². The van der Waals surface area contributed by atoms with Crippen LogP contribution < -0.4 is 10.1 Å². The molecule has 0 amide bonds. The Bertz CT molecular complexity index is 422. The normalized spacial score (nSPS) is 11.9. The Morgan fingerprint density at radius 1 is 1.40 bits per heavy atom. The highest BCUT2D eigenvalue weighted by Gasteiger charge is 2.16. The second-order valence-electron chi connectivity index (χ2n) is 5.71. The summed E-state index contributed by atoms with van der Waals surface area (Å²) in [5.41, 5.74) is 0.811. The van der Waals surface area contributed by atoms with E-state index in [-0.39, 0.29) is 5.60 Å². The highest BCUT2D eigenvalue weighted by Crippen LogP contribution is 2.20. The zero-order chi connectivity index (χ0) is 15.2. The first-order valence-electron chi connectivity index (χ1n) is 6.90. The van der Waals surface area contributed by atoms with Gasteiger partial charge in [-0.3, -0.25) is 0 Å². The van der Waals surface area contributed by atoms with E-state index in [0.29, 0.717) is 30.1 Å². The van der Waals surface area contributed by atoms with Crippen LogP contribution in [-0.4, -0.2) is 30.3 Å². The SMILES string of the molecule is COC(C)(C)CCOc1cc(CNC(C)C)c(Cl)cn1. The molecule has 0 spiro atoms. The first kappa shape index (κ1) is 17.2. The fraction of sp³-hybridized carbons (Fsp3) is 0.667. The number of aromatic nitrogens is 1.